The Morgan fingerprint density at radius 2 is 2.00 bits per heavy atom. The van der Waals surface area contributed by atoms with E-state index in [2.05, 4.69) is 23.3 Å². The summed E-state index contributed by atoms with van der Waals surface area (Å²) >= 11 is 0. The van der Waals surface area contributed by atoms with Gasteiger partial charge in [-0.2, -0.15) is 0 Å². The molecule has 5 heteroatoms. The van der Waals surface area contributed by atoms with Crippen LogP contribution in [0.1, 0.15) is 36.0 Å². The number of hydrogen-bond acceptors (Lipinski definition) is 2. The number of amides is 1. The maximum absolute atomic E-state index is 14.6. The summed E-state index contributed by atoms with van der Waals surface area (Å²) in [6.07, 6.45) is 2.98. The number of benzene rings is 2. The molecule has 3 aromatic rings. The molecule has 0 bridgehead atoms. The first-order valence-corrected chi connectivity index (χ1v) is 9.24. The summed E-state index contributed by atoms with van der Waals surface area (Å²) in [6, 6.07) is 12.8. The lowest BCUT2D eigenvalue weighted by Crippen LogP contribution is -2.28. The first kappa shape index (κ1) is 19.1. The highest BCUT2D eigenvalue weighted by Gasteiger charge is 2.24. The van der Waals surface area contributed by atoms with E-state index in [1.165, 1.54) is 11.6 Å². The van der Waals surface area contributed by atoms with Crippen molar-refractivity contribution < 1.29 is 13.9 Å². The highest BCUT2D eigenvalue weighted by atomic mass is 19.1. The second-order valence-electron chi connectivity index (χ2n) is 6.56. The first-order valence-electron chi connectivity index (χ1n) is 9.24. The van der Waals surface area contributed by atoms with Gasteiger partial charge in [0.2, 0.25) is 5.91 Å². The fraction of sp³-hybridized carbons (Fsp3) is 0.318. The molecule has 0 radical (unpaired) electrons. The van der Waals surface area contributed by atoms with E-state index in [0.717, 1.165) is 22.9 Å². The number of H-pyrrole nitrogens is 1. The van der Waals surface area contributed by atoms with Crippen LogP contribution in [0.2, 0.25) is 0 Å². The molecule has 2 aromatic carbocycles. The van der Waals surface area contributed by atoms with Crippen LogP contribution in [0.3, 0.4) is 0 Å². The third-order valence-corrected chi connectivity index (χ3v) is 4.89. The summed E-state index contributed by atoms with van der Waals surface area (Å²) in [5.74, 6) is -0.788. The number of para-hydroxylation sites is 1. The summed E-state index contributed by atoms with van der Waals surface area (Å²) in [6.45, 7) is 2.99. The van der Waals surface area contributed by atoms with Gasteiger partial charge < -0.3 is 15.0 Å². The van der Waals surface area contributed by atoms with Crippen LogP contribution in [0, 0.1) is 5.82 Å². The number of nitrogens with one attached hydrogen (secondary N) is 2. The zero-order valence-electron chi connectivity index (χ0n) is 15.7. The van der Waals surface area contributed by atoms with Crippen LogP contribution in [0.25, 0.3) is 10.9 Å². The van der Waals surface area contributed by atoms with Crippen molar-refractivity contribution >= 4 is 16.8 Å². The molecule has 0 fully saturated rings. The Hall–Kier alpha value is -2.66. The van der Waals surface area contributed by atoms with Gasteiger partial charge >= 0.3 is 0 Å². The van der Waals surface area contributed by atoms with Gasteiger partial charge in [-0.25, -0.2) is 4.39 Å². The molecule has 4 nitrogen and oxygen atoms in total. The molecule has 0 aliphatic carbocycles. The molecule has 0 unspecified atom stereocenters. The molecule has 1 amide bonds. The van der Waals surface area contributed by atoms with Gasteiger partial charge in [-0.3, -0.25) is 4.79 Å². The highest BCUT2D eigenvalue weighted by Crippen LogP contribution is 2.35. The molecule has 2 N–H and O–H groups in total. The molecule has 0 spiro atoms. The van der Waals surface area contributed by atoms with Crippen molar-refractivity contribution in [2.45, 2.75) is 25.7 Å². The van der Waals surface area contributed by atoms with Gasteiger partial charge in [0.1, 0.15) is 5.82 Å². The summed E-state index contributed by atoms with van der Waals surface area (Å²) in [4.78, 5) is 15.8. The van der Waals surface area contributed by atoms with Crippen LogP contribution in [-0.4, -0.2) is 31.2 Å². The zero-order valence-corrected chi connectivity index (χ0v) is 15.7. The van der Waals surface area contributed by atoms with Crippen LogP contribution in [-0.2, 0) is 16.0 Å². The summed E-state index contributed by atoms with van der Waals surface area (Å²) < 4.78 is 19.5. The van der Waals surface area contributed by atoms with Crippen molar-refractivity contribution in [3.05, 3.63) is 71.2 Å². The normalized spacial score (nSPS) is 12.3. The predicted molar refractivity (Wildman–Crippen MR) is 105 cm³/mol. The number of carbonyl (C=O) groups is 1. The molecule has 0 aliphatic heterocycles. The Kier molecular flexibility index (Phi) is 6.24. The second kappa shape index (κ2) is 8.82. The molecular weight excluding hydrogens is 343 g/mol. The van der Waals surface area contributed by atoms with Crippen molar-refractivity contribution in [1.29, 1.82) is 0 Å². The van der Waals surface area contributed by atoms with E-state index in [1.54, 1.807) is 25.3 Å². The lowest BCUT2D eigenvalue weighted by atomic mass is 9.87. The molecule has 0 aliphatic rings. The monoisotopic (exact) mass is 368 g/mol. The number of halogens is 1. The van der Waals surface area contributed by atoms with Gasteiger partial charge in [-0.1, -0.05) is 43.3 Å². The molecule has 27 heavy (non-hydrogen) atoms. The van der Waals surface area contributed by atoms with Crippen LogP contribution in [0.4, 0.5) is 4.39 Å². The first-order chi connectivity index (χ1) is 13.2. The number of fused-ring (bicyclic) bond motifs is 1. The Morgan fingerprint density at radius 1 is 1.19 bits per heavy atom. The van der Waals surface area contributed by atoms with Crippen molar-refractivity contribution in [2.24, 2.45) is 0 Å². The summed E-state index contributed by atoms with van der Waals surface area (Å²) in [5, 5.41) is 3.87. The van der Waals surface area contributed by atoms with E-state index in [0.29, 0.717) is 18.7 Å². The number of carbonyl (C=O) groups excluding carboxylic acids is 1. The Morgan fingerprint density at radius 3 is 2.74 bits per heavy atom. The standard InChI is InChI=1S/C22H25FN2O2/c1-3-15-7-6-9-17-19(14-25-22(15)17)18(13-21(26)24-11-12-27-2)16-8-4-5-10-20(16)23/h4-10,14,18,25H,3,11-13H2,1-2H3,(H,24,26)/t18-/m1/s1. The van der Waals surface area contributed by atoms with Crippen molar-refractivity contribution in [3.63, 3.8) is 0 Å². The number of methoxy groups -OCH3 is 1. The van der Waals surface area contributed by atoms with Crippen LogP contribution >= 0.6 is 0 Å². The lowest BCUT2D eigenvalue weighted by molar-refractivity contribution is -0.121. The fourth-order valence-corrected chi connectivity index (χ4v) is 3.52. The van der Waals surface area contributed by atoms with Gasteiger partial charge in [0.05, 0.1) is 6.61 Å². The third kappa shape index (κ3) is 4.19. The Balaban J connectivity index is 2.00. The molecule has 0 saturated carbocycles. The highest BCUT2D eigenvalue weighted by molar-refractivity contribution is 5.88. The average molecular weight is 368 g/mol. The Bertz CT molecular complexity index is 920. The van der Waals surface area contributed by atoms with Crippen LogP contribution in [0.5, 0.6) is 0 Å². The van der Waals surface area contributed by atoms with E-state index in [1.807, 2.05) is 18.3 Å². The Labute approximate surface area is 158 Å². The van der Waals surface area contributed by atoms with E-state index >= 15 is 0 Å². The molecule has 0 saturated heterocycles. The molecular formula is C22H25FN2O2. The number of aromatic amines is 1. The van der Waals surface area contributed by atoms with Gasteiger partial charge in [0.25, 0.3) is 0 Å². The number of rotatable bonds is 8. The van der Waals surface area contributed by atoms with Gasteiger partial charge in [0.15, 0.2) is 0 Å². The molecule has 1 atom stereocenters. The quantitative estimate of drug-likeness (QED) is 0.587. The summed E-state index contributed by atoms with van der Waals surface area (Å²) in [5.41, 5.74) is 3.72. The van der Waals surface area contributed by atoms with E-state index < -0.39 is 0 Å². The second-order valence-corrected chi connectivity index (χ2v) is 6.56. The van der Waals surface area contributed by atoms with Crippen molar-refractivity contribution in [2.75, 3.05) is 20.3 Å². The fourth-order valence-electron chi connectivity index (χ4n) is 3.52. The van der Waals surface area contributed by atoms with Crippen molar-refractivity contribution in [1.82, 2.24) is 10.3 Å². The summed E-state index contributed by atoms with van der Waals surface area (Å²) in [7, 11) is 1.59. The van der Waals surface area contributed by atoms with Crippen molar-refractivity contribution in [3.8, 4) is 0 Å². The number of hydrogen-bond donors (Lipinski definition) is 2. The molecule has 142 valence electrons. The smallest absolute Gasteiger partial charge is 0.221 e. The minimum Gasteiger partial charge on any atom is -0.383 e. The van der Waals surface area contributed by atoms with E-state index in [9.17, 15) is 9.18 Å². The molecule has 3 rings (SSSR count). The average Bonchev–Trinajstić information content (AvgIpc) is 3.11. The topological polar surface area (TPSA) is 54.1 Å². The largest absolute Gasteiger partial charge is 0.383 e. The third-order valence-electron chi connectivity index (χ3n) is 4.89. The van der Waals surface area contributed by atoms with Gasteiger partial charge in [-0.05, 0) is 29.2 Å². The van der Waals surface area contributed by atoms with Crippen LogP contribution < -0.4 is 5.32 Å². The predicted octanol–water partition coefficient (Wildman–Crippen LogP) is 4.15. The molecule has 1 aromatic heterocycles. The zero-order chi connectivity index (χ0) is 19.2. The van der Waals surface area contributed by atoms with Gasteiger partial charge in [-0.15, -0.1) is 0 Å². The van der Waals surface area contributed by atoms with E-state index in [4.69, 9.17) is 4.74 Å². The number of ether oxygens (including phenoxy) is 1. The van der Waals surface area contributed by atoms with Gasteiger partial charge in [0, 0.05) is 43.1 Å². The lowest BCUT2D eigenvalue weighted by Gasteiger charge is -2.18. The van der Waals surface area contributed by atoms with E-state index in [-0.39, 0.29) is 24.1 Å². The SMILES string of the molecule is CCc1cccc2c([C@H](CC(=O)NCCOC)c3ccccc3F)c[nH]c12. The minimum atomic E-state index is -0.366. The minimum absolute atomic E-state index is 0.124. The van der Waals surface area contributed by atoms with Crippen LogP contribution in [0.15, 0.2) is 48.7 Å². The maximum Gasteiger partial charge on any atom is 0.221 e. The number of aromatic nitrogens is 1. The maximum atomic E-state index is 14.6. The number of aryl methyl sites for hydroxylation is 1. The molecule has 1 heterocycles.